The molecule has 1 aromatic carbocycles. The molecule has 2 atom stereocenters. The number of anilines is 2. The molecule has 0 radical (unpaired) electrons. The van der Waals surface area contributed by atoms with Crippen LogP contribution in [0.15, 0.2) is 12.1 Å². The van der Waals surface area contributed by atoms with Gasteiger partial charge in [-0.05, 0) is 31.1 Å². The van der Waals surface area contributed by atoms with Crippen LogP contribution in [-0.4, -0.2) is 12.7 Å². The van der Waals surface area contributed by atoms with Crippen LogP contribution in [0, 0.1) is 17.8 Å². The first-order chi connectivity index (χ1) is 9.20. The highest BCUT2D eigenvalue weighted by molar-refractivity contribution is 5.96. The molecule has 4 rings (SSSR count). The smallest absolute Gasteiger partial charge is 0.231 e. The molecule has 1 amide bonds. The first kappa shape index (κ1) is 11.0. The summed E-state index contributed by atoms with van der Waals surface area (Å²) in [5.74, 6) is 3.09. The van der Waals surface area contributed by atoms with E-state index in [9.17, 15) is 4.79 Å². The molecule has 0 spiro atoms. The Bertz CT molecular complexity index is 548. The minimum Gasteiger partial charge on any atom is -0.454 e. The lowest BCUT2D eigenvalue weighted by atomic mass is 10.0. The van der Waals surface area contributed by atoms with Crippen molar-refractivity contribution in [2.45, 2.75) is 19.3 Å². The molecule has 2 unspecified atom stereocenters. The van der Waals surface area contributed by atoms with Gasteiger partial charge >= 0.3 is 0 Å². The van der Waals surface area contributed by atoms with Gasteiger partial charge in [0, 0.05) is 18.1 Å². The molecule has 2 saturated carbocycles. The van der Waals surface area contributed by atoms with E-state index in [-0.39, 0.29) is 18.6 Å². The molecule has 2 fully saturated rings. The van der Waals surface area contributed by atoms with Gasteiger partial charge < -0.3 is 20.5 Å². The number of nitrogen functional groups attached to an aromatic ring is 1. The molecule has 1 heterocycles. The zero-order valence-electron chi connectivity index (χ0n) is 10.5. The summed E-state index contributed by atoms with van der Waals surface area (Å²) in [4.78, 5) is 12.2. The van der Waals surface area contributed by atoms with Gasteiger partial charge in [0.05, 0.1) is 11.4 Å². The topological polar surface area (TPSA) is 73.6 Å². The van der Waals surface area contributed by atoms with Crippen molar-refractivity contribution in [2.75, 3.05) is 17.8 Å². The van der Waals surface area contributed by atoms with Crippen LogP contribution in [0.4, 0.5) is 11.4 Å². The zero-order valence-corrected chi connectivity index (χ0v) is 10.5. The highest BCUT2D eigenvalue weighted by Crippen LogP contribution is 2.54. The molecule has 2 aliphatic carbocycles. The van der Waals surface area contributed by atoms with Gasteiger partial charge in [0.2, 0.25) is 12.7 Å². The fourth-order valence-corrected chi connectivity index (χ4v) is 3.23. The molecule has 0 aromatic heterocycles. The lowest BCUT2D eigenvalue weighted by Crippen LogP contribution is -2.22. The Hall–Kier alpha value is -1.91. The number of amides is 1. The third kappa shape index (κ3) is 1.80. The highest BCUT2D eigenvalue weighted by atomic mass is 16.7. The Morgan fingerprint density at radius 1 is 1.16 bits per heavy atom. The Kier molecular flexibility index (Phi) is 2.19. The van der Waals surface area contributed by atoms with Crippen molar-refractivity contribution in [3.05, 3.63) is 12.1 Å². The van der Waals surface area contributed by atoms with Crippen molar-refractivity contribution in [3.8, 4) is 11.5 Å². The second-order valence-corrected chi connectivity index (χ2v) is 5.71. The number of carbonyl (C=O) groups excluding carboxylic acids is 1. The van der Waals surface area contributed by atoms with E-state index in [1.54, 1.807) is 12.1 Å². The minimum atomic E-state index is 0.0813. The first-order valence-corrected chi connectivity index (χ1v) is 6.70. The maximum atomic E-state index is 12.2. The molecule has 19 heavy (non-hydrogen) atoms. The van der Waals surface area contributed by atoms with Gasteiger partial charge in [0.25, 0.3) is 0 Å². The Balaban J connectivity index is 1.51. The van der Waals surface area contributed by atoms with Crippen LogP contribution in [0.5, 0.6) is 11.5 Å². The molecule has 1 aliphatic heterocycles. The average Bonchev–Trinajstić information content (AvgIpc) is 2.81. The van der Waals surface area contributed by atoms with Gasteiger partial charge in [-0.15, -0.1) is 0 Å². The van der Waals surface area contributed by atoms with Crippen molar-refractivity contribution < 1.29 is 14.3 Å². The maximum Gasteiger partial charge on any atom is 0.231 e. The number of carbonyl (C=O) groups is 1. The monoisotopic (exact) mass is 260 g/mol. The fourth-order valence-electron chi connectivity index (χ4n) is 3.23. The van der Waals surface area contributed by atoms with Crippen molar-refractivity contribution in [1.82, 2.24) is 0 Å². The number of benzene rings is 1. The van der Waals surface area contributed by atoms with Crippen molar-refractivity contribution in [3.63, 3.8) is 0 Å². The van der Waals surface area contributed by atoms with E-state index >= 15 is 0 Å². The Morgan fingerprint density at radius 3 is 2.58 bits per heavy atom. The molecule has 1 aromatic rings. The second-order valence-electron chi connectivity index (χ2n) is 5.71. The summed E-state index contributed by atoms with van der Waals surface area (Å²) in [5, 5.41) is 2.92. The number of nitrogens with one attached hydrogen (secondary N) is 1. The van der Waals surface area contributed by atoms with E-state index in [4.69, 9.17) is 15.2 Å². The number of nitrogens with two attached hydrogens (primary N) is 1. The Morgan fingerprint density at radius 2 is 1.84 bits per heavy atom. The SMILES string of the molecule is Nc1cc2c(cc1NC(=O)C1CC3CC3C1)OCO2. The van der Waals surface area contributed by atoms with Crippen molar-refractivity contribution in [1.29, 1.82) is 0 Å². The van der Waals surface area contributed by atoms with Gasteiger partial charge in [-0.2, -0.15) is 0 Å². The Labute approximate surface area is 111 Å². The lowest BCUT2D eigenvalue weighted by molar-refractivity contribution is -0.120. The van der Waals surface area contributed by atoms with Gasteiger partial charge in [-0.25, -0.2) is 0 Å². The summed E-state index contributed by atoms with van der Waals surface area (Å²) < 4.78 is 10.5. The van der Waals surface area contributed by atoms with E-state index in [2.05, 4.69) is 5.32 Å². The largest absolute Gasteiger partial charge is 0.454 e. The molecule has 100 valence electrons. The summed E-state index contributed by atoms with van der Waals surface area (Å²) in [6.07, 6.45) is 3.37. The van der Waals surface area contributed by atoms with Crippen LogP contribution in [0.1, 0.15) is 19.3 Å². The van der Waals surface area contributed by atoms with E-state index in [1.165, 1.54) is 6.42 Å². The van der Waals surface area contributed by atoms with Crippen LogP contribution < -0.4 is 20.5 Å². The second kappa shape index (κ2) is 3.79. The lowest BCUT2D eigenvalue weighted by Gasteiger charge is -2.14. The summed E-state index contributed by atoms with van der Waals surface area (Å²) in [6, 6.07) is 3.44. The molecule has 3 N–H and O–H groups in total. The summed E-state index contributed by atoms with van der Waals surface area (Å²) in [7, 11) is 0. The van der Waals surface area contributed by atoms with Gasteiger partial charge in [-0.1, -0.05) is 0 Å². The van der Waals surface area contributed by atoms with Crippen LogP contribution in [0.25, 0.3) is 0 Å². The standard InChI is InChI=1S/C14H16N2O3/c15-10-4-12-13(19-6-18-12)5-11(10)16-14(17)9-2-7-1-8(7)3-9/h4-5,7-9H,1-3,6,15H2,(H,16,17). The van der Waals surface area contributed by atoms with Crippen LogP contribution >= 0.6 is 0 Å². The number of rotatable bonds is 2. The zero-order chi connectivity index (χ0) is 13.0. The van der Waals surface area contributed by atoms with Crippen molar-refractivity contribution >= 4 is 17.3 Å². The maximum absolute atomic E-state index is 12.2. The predicted octanol–water partition coefficient (Wildman–Crippen LogP) is 1.98. The molecule has 3 aliphatic rings. The molecular formula is C14H16N2O3. The fraction of sp³-hybridized carbons (Fsp3) is 0.500. The third-order valence-corrected chi connectivity index (χ3v) is 4.42. The average molecular weight is 260 g/mol. The quantitative estimate of drug-likeness (QED) is 0.797. The molecule has 5 heteroatoms. The van der Waals surface area contributed by atoms with Crippen LogP contribution in [0.3, 0.4) is 0 Å². The van der Waals surface area contributed by atoms with Gasteiger partial charge in [-0.3, -0.25) is 4.79 Å². The number of hydrogen-bond donors (Lipinski definition) is 2. The number of hydrogen-bond acceptors (Lipinski definition) is 4. The van der Waals surface area contributed by atoms with E-state index in [0.29, 0.717) is 22.9 Å². The molecule has 5 nitrogen and oxygen atoms in total. The summed E-state index contributed by atoms with van der Waals surface area (Å²) >= 11 is 0. The third-order valence-electron chi connectivity index (χ3n) is 4.42. The highest BCUT2D eigenvalue weighted by Gasteiger charge is 2.48. The summed E-state index contributed by atoms with van der Waals surface area (Å²) in [6.45, 7) is 0.207. The van der Waals surface area contributed by atoms with E-state index in [0.717, 1.165) is 24.7 Å². The van der Waals surface area contributed by atoms with Gasteiger partial charge in [0.15, 0.2) is 11.5 Å². The van der Waals surface area contributed by atoms with Crippen molar-refractivity contribution in [2.24, 2.45) is 17.8 Å². The summed E-state index contributed by atoms with van der Waals surface area (Å²) in [5.41, 5.74) is 7.06. The van der Waals surface area contributed by atoms with Crippen LogP contribution in [-0.2, 0) is 4.79 Å². The van der Waals surface area contributed by atoms with E-state index in [1.807, 2.05) is 0 Å². The molecule has 0 bridgehead atoms. The van der Waals surface area contributed by atoms with Crippen LogP contribution in [0.2, 0.25) is 0 Å². The normalized spacial score (nSPS) is 30.0. The molecule has 0 saturated heterocycles. The molecular weight excluding hydrogens is 244 g/mol. The number of fused-ring (bicyclic) bond motifs is 2. The van der Waals surface area contributed by atoms with Gasteiger partial charge in [0.1, 0.15) is 0 Å². The minimum absolute atomic E-state index is 0.0813. The van der Waals surface area contributed by atoms with E-state index < -0.39 is 0 Å². The number of ether oxygens (including phenoxy) is 2. The first-order valence-electron chi connectivity index (χ1n) is 6.70. The predicted molar refractivity (Wildman–Crippen MR) is 69.9 cm³/mol.